The highest BCUT2D eigenvalue weighted by atomic mass is 32.1. The lowest BCUT2D eigenvalue weighted by molar-refractivity contribution is -0.116. The summed E-state index contributed by atoms with van der Waals surface area (Å²) in [6.07, 6.45) is 4.64. The van der Waals surface area contributed by atoms with Crippen molar-refractivity contribution in [2.24, 2.45) is 0 Å². The SMILES string of the molecule is O=C(CCNC(=O)c1ccco1)Nc1nc(-c2ccco2)c(-c2ccco2)s1. The molecule has 0 aliphatic heterocycles. The Morgan fingerprint density at radius 1 is 0.964 bits per heavy atom. The Morgan fingerprint density at radius 3 is 2.36 bits per heavy atom. The van der Waals surface area contributed by atoms with Crippen molar-refractivity contribution < 1.29 is 22.8 Å². The largest absolute Gasteiger partial charge is 0.463 e. The molecular formula is C19H15N3O5S. The summed E-state index contributed by atoms with van der Waals surface area (Å²) in [5.74, 6) is 0.772. The van der Waals surface area contributed by atoms with Crippen molar-refractivity contribution in [3.63, 3.8) is 0 Å². The van der Waals surface area contributed by atoms with Gasteiger partial charge in [0.25, 0.3) is 5.91 Å². The quantitative estimate of drug-likeness (QED) is 0.487. The predicted octanol–water partition coefficient (Wildman–Crippen LogP) is 4.01. The molecule has 0 saturated carbocycles. The number of aromatic nitrogens is 1. The number of amides is 2. The summed E-state index contributed by atoms with van der Waals surface area (Å²) in [6.45, 7) is 0.173. The zero-order chi connectivity index (χ0) is 19.3. The molecule has 0 unspecified atom stereocenters. The highest BCUT2D eigenvalue weighted by Crippen LogP contribution is 2.39. The normalized spacial score (nSPS) is 10.7. The van der Waals surface area contributed by atoms with Crippen LogP contribution in [0.25, 0.3) is 22.1 Å². The van der Waals surface area contributed by atoms with Gasteiger partial charge in [-0.05, 0) is 36.4 Å². The Morgan fingerprint density at radius 2 is 1.68 bits per heavy atom. The molecule has 0 fully saturated rings. The van der Waals surface area contributed by atoms with Crippen LogP contribution in [0.1, 0.15) is 17.0 Å². The third-order valence-corrected chi connectivity index (χ3v) is 4.74. The number of rotatable bonds is 7. The average molecular weight is 397 g/mol. The zero-order valence-corrected chi connectivity index (χ0v) is 15.3. The lowest BCUT2D eigenvalue weighted by Gasteiger charge is -2.03. The maximum absolute atomic E-state index is 12.2. The van der Waals surface area contributed by atoms with Gasteiger partial charge in [-0.2, -0.15) is 0 Å². The molecule has 0 aliphatic rings. The highest BCUT2D eigenvalue weighted by Gasteiger charge is 2.20. The van der Waals surface area contributed by atoms with Gasteiger partial charge in [0.15, 0.2) is 16.7 Å². The van der Waals surface area contributed by atoms with Crippen molar-refractivity contribution in [3.05, 3.63) is 60.9 Å². The maximum Gasteiger partial charge on any atom is 0.286 e. The number of thiazole rings is 1. The van der Waals surface area contributed by atoms with E-state index >= 15 is 0 Å². The molecule has 4 rings (SSSR count). The Kier molecular flexibility index (Phi) is 5.07. The average Bonchev–Trinajstić information content (AvgIpc) is 3.49. The molecule has 0 radical (unpaired) electrons. The van der Waals surface area contributed by atoms with Crippen LogP contribution in [-0.2, 0) is 4.79 Å². The Bertz CT molecular complexity index is 998. The number of carbonyl (C=O) groups is 2. The van der Waals surface area contributed by atoms with Gasteiger partial charge in [0.2, 0.25) is 5.91 Å². The van der Waals surface area contributed by atoms with Crippen molar-refractivity contribution >= 4 is 28.3 Å². The summed E-state index contributed by atoms with van der Waals surface area (Å²) in [5.41, 5.74) is 0.589. The van der Waals surface area contributed by atoms with Crippen molar-refractivity contribution in [2.75, 3.05) is 11.9 Å². The number of hydrogen-bond donors (Lipinski definition) is 2. The van der Waals surface area contributed by atoms with Crippen LogP contribution in [0.3, 0.4) is 0 Å². The van der Waals surface area contributed by atoms with Crippen LogP contribution in [0.4, 0.5) is 5.13 Å². The van der Waals surface area contributed by atoms with Crippen LogP contribution in [0.15, 0.2) is 68.4 Å². The maximum atomic E-state index is 12.2. The second-order valence-corrected chi connectivity index (χ2v) is 6.68. The van der Waals surface area contributed by atoms with E-state index < -0.39 is 0 Å². The van der Waals surface area contributed by atoms with Crippen molar-refractivity contribution in [3.8, 4) is 22.1 Å². The van der Waals surface area contributed by atoms with Crippen molar-refractivity contribution in [2.45, 2.75) is 6.42 Å². The van der Waals surface area contributed by atoms with Crippen molar-refractivity contribution in [1.82, 2.24) is 10.3 Å². The number of nitrogens with one attached hydrogen (secondary N) is 2. The van der Waals surface area contributed by atoms with E-state index in [4.69, 9.17) is 13.3 Å². The van der Waals surface area contributed by atoms with Gasteiger partial charge in [-0.1, -0.05) is 11.3 Å². The van der Waals surface area contributed by atoms with Gasteiger partial charge in [0, 0.05) is 13.0 Å². The summed E-state index contributed by atoms with van der Waals surface area (Å²) in [7, 11) is 0. The van der Waals surface area contributed by atoms with Crippen LogP contribution in [-0.4, -0.2) is 23.3 Å². The fourth-order valence-electron chi connectivity index (χ4n) is 2.49. The lowest BCUT2D eigenvalue weighted by Crippen LogP contribution is -2.27. The Hall–Kier alpha value is -3.59. The minimum absolute atomic E-state index is 0.0954. The van der Waals surface area contributed by atoms with Crippen LogP contribution >= 0.6 is 11.3 Å². The third kappa shape index (κ3) is 3.89. The van der Waals surface area contributed by atoms with Crippen molar-refractivity contribution in [1.29, 1.82) is 0 Å². The van der Waals surface area contributed by atoms with Gasteiger partial charge in [0.05, 0.1) is 18.8 Å². The van der Waals surface area contributed by atoms with E-state index in [-0.39, 0.29) is 30.5 Å². The summed E-state index contributed by atoms with van der Waals surface area (Å²) >= 11 is 1.28. The van der Waals surface area contributed by atoms with Gasteiger partial charge in [-0.3, -0.25) is 9.59 Å². The number of nitrogens with zero attached hydrogens (tertiary/aromatic N) is 1. The summed E-state index contributed by atoms with van der Waals surface area (Å²) in [5, 5.41) is 5.78. The topological polar surface area (TPSA) is 111 Å². The van der Waals surface area contributed by atoms with E-state index in [0.717, 1.165) is 4.88 Å². The molecule has 4 heterocycles. The first-order valence-electron chi connectivity index (χ1n) is 8.41. The number of anilines is 1. The molecular weight excluding hydrogens is 382 g/mol. The molecule has 8 nitrogen and oxygen atoms in total. The number of hydrogen-bond acceptors (Lipinski definition) is 7. The van der Waals surface area contributed by atoms with E-state index in [9.17, 15) is 9.59 Å². The second-order valence-electron chi connectivity index (χ2n) is 5.68. The van der Waals surface area contributed by atoms with Gasteiger partial charge in [-0.15, -0.1) is 0 Å². The molecule has 0 atom stereocenters. The molecule has 9 heteroatoms. The fraction of sp³-hybridized carbons (Fsp3) is 0.105. The second kappa shape index (κ2) is 7.97. The Labute approximate surface area is 163 Å². The minimum Gasteiger partial charge on any atom is -0.463 e. The molecule has 0 saturated heterocycles. The first-order chi connectivity index (χ1) is 13.7. The van der Waals surface area contributed by atoms with Gasteiger partial charge < -0.3 is 23.9 Å². The summed E-state index contributed by atoms with van der Waals surface area (Å²) in [6, 6.07) is 10.3. The highest BCUT2D eigenvalue weighted by molar-refractivity contribution is 7.19. The van der Waals surface area contributed by atoms with E-state index in [1.807, 2.05) is 6.07 Å². The van der Waals surface area contributed by atoms with Gasteiger partial charge >= 0.3 is 0 Å². The minimum atomic E-state index is -0.368. The molecule has 4 aromatic heterocycles. The fourth-order valence-corrected chi connectivity index (χ4v) is 3.45. The lowest BCUT2D eigenvalue weighted by atomic mass is 10.2. The van der Waals surface area contributed by atoms with Crippen LogP contribution in [0.2, 0.25) is 0 Å². The molecule has 2 N–H and O–H groups in total. The van der Waals surface area contributed by atoms with E-state index in [1.54, 1.807) is 42.9 Å². The number of carbonyl (C=O) groups excluding carboxylic acids is 2. The van der Waals surface area contributed by atoms with E-state index in [1.165, 1.54) is 17.6 Å². The molecule has 142 valence electrons. The van der Waals surface area contributed by atoms with Gasteiger partial charge in [0.1, 0.15) is 16.3 Å². The van der Waals surface area contributed by atoms with Crippen LogP contribution < -0.4 is 10.6 Å². The Balaban J connectivity index is 1.41. The molecule has 28 heavy (non-hydrogen) atoms. The summed E-state index contributed by atoms with van der Waals surface area (Å²) < 4.78 is 15.9. The molecule has 0 aromatic carbocycles. The van der Waals surface area contributed by atoms with Crippen LogP contribution in [0, 0.1) is 0 Å². The first kappa shape index (κ1) is 17.8. The molecule has 0 aliphatic carbocycles. The molecule has 0 bridgehead atoms. The zero-order valence-electron chi connectivity index (χ0n) is 14.5. The molecule has 4 aromatic rings. The molecule has 2 amide bonds. The van der Waals surface area contributed by atoms with E-state index in [0.29, 0.717) is 22.3 Å². The third-order valence-electron chi connectivity index (χ3n) is 3.76. The number of furan rings is 3. The standard InChI is InChI=1S/C19H15N3O5S/c23-15(7-8-20-18(24)14-6-3-11-27-14)21-19-22-16(12-4-1-9-25-12)17(28-19)13-5-2-10-26-13/h1-6,9-11H,7-8H2,(H,20,24)(H,21,22,23). The van der Waals surface area contributed by atoms with Crippen LogP contribution in [0.5, 0.6) is 0 Å². The monoisotopic (exact) mass is 397 g/mol. The first-order valence-corrected chi connectivity index (χ1v) is 9.22. The predicted molar refractivity (Wildman–Crippen MR) is 102 cm³/mol. The smallest absolute Gasteiger partial charge is 0.286 e. The van der Waals surface area contributed by atoms with E-state index in [2.05, 4.69) is 15.6 Å². The molecule has 0 spiro atoms. The summed E-state index contributed by atoms with van der Waals surface area (Å²) in [4.78, 5) is 29.2. The van der Waals surface area contributed by atoms with Gasteiger partial charge in [-0.25, -0.2) is 4.98 Å².